The monoisotopic (exact) mass is 260 g/mol. The molecule has 0 atom stereocenters. The fourth-order valence-corrected chi connectivity index (χ4v) is 2.89. The molecule has 106 valence electrons. The lowest BCUT2D eigenvalue weighted by molar-refractivity contribution is 0.320. The van der Waals surface area contributed by atoms with Gasteiger partial charge in [-0.25, -0.2) is 0 Å². The molecule has 2 nitrogen and oxygen atoms in total. The van der Waals surface area contributed by atoms with Crippen molar-refractivity contribution >= 4 is 0 Å². The van der Waals surface area contributed by atoms with Gasteiger partial charge >= 0.3 is 0 Å². The van der Waals surface area contributed by atoms with Crippen molar-refractivity contribution in [1.29, 1.82) is 0 Å². The maximum atomic E-state index is 5.96. The SMILES string of the molecule is Cc1cccc(C(C)(C)CNC2CCC(N)CC2)c1. The van der Waals surface area contributed by atoms with E-state index in [1.54, 1.807) is 0 Å². The van der Waals surface area contributed by atoms with Crippen molar-refractivity contribution in [3.05, 3.63) is 35.4 Å². The van der Waals surface area contributed by atoms with E-state index in [4.69, 9.17) is 5.73 Å². The van der Waals surface area contributed by atoms with Crippen molar-refractivity contribution in [3.63, 3.8) is 0 Å². The van der Waals surface area contributed by atoms with Gasteiger partial charge in [0.05, 0.1) is 0 Å². The zero-order chi connectivity index (χ0) is 13.9. The fourth-order valence-electron chi connectivity index (χ4n) is 2.89. The Bertz CT molecular complexity index is 403. The van der Waals surface area contributed by atoms with Gasteiger partial charge in [-0.1, -0.05) is 43.7 Å². The number of rotatable bonds is 4. The van der Waals surface area contributed by atoms with Crippen LogP contribution >= 0.6 is 0 Å². The molecule has 0 amide bonds. The number of hydrogen-bond donors (Lipinski definition) is 2. The zero-order valence-corrected chi connectivity index (χ0v) is 12.6. The molecule has 0 aliphatic heterocycles. The summed E-state index contributed by atoms with van der Waals surface area (Å²) in [5.74, 6) is 0. The number of nitrogens with one attached hydrogen (secondary N) is 1. The normalized spacial score (nSPS) is 24.4. The minimum absolute atomic E-state index is 0.186. The molecule has 2 heteroatoms. The number of nitrogens with two attached hydrogens (primary N) is 1. The second-order valence-corrected chi connectivity index (χ2v) is 6.75. The van der Waals surface area contributed by atoms with Gasteiger partial charge in [0.25, 0.3) is 0 Å². The molecule has 1 saturated carbocycles. The Balaban J connectivity index is 1.90. The van der Waals surface area contributed by atoms with E-state index in [9.17, 15) is 0 Å². The first-order chi connectivity index (χ1) is 8.97. The predicted molar refractivity (Wildman–Crippen MR) is 82.4 cm³/mol. The Hall–Kier alpha value is -0.860. The van der Waals surface area contributed by atoms with Gasteiger partial charge in [-0.2, -0.15) is 0 Å². The zero-order valence-electron chi connectivity index (χ0n) is 12.6. The summed E-state index contributed by atoms with van der Waals surface area (Å²) in [5, 5.41) is 3.74. The van der Waals surface area contributed by atoms with Crippen LogP contribution in [0.1, 0.15) is 50.7 Å². The lowest BCUT2D eigenvalue weighted by Gasteiger charge is -2.32. The summed E-state index contributed by atoms with van der Waals surface area (Å²) in [7, 11) is 0. The molecule has 19 heavy (non-hydrogen) atoms. The van der Waals surface area contributed by atoms with Crippen LogP contribution in [0, 0.1) is 6.92 Å². The lowest BCUT2D eigenvalue weighted by atomic mass is 9.83. The van der Waals surface area contributed by atoms with Crippen LogP contribution in [0.2, 0.25) is 0 Å². The molecule has 0 bridgehead atoms. The third-order valence-corrected chi connectivity index (χ3v) is 4.40. The van der Waals surface area contributed by atoms with E-state index in [-0.39, 0.29) is 5.41 Å². The van der Waals surface area contributed by atoms with Crippen LogP contribution in [0.25, 0.3) is 0 Å². The van der Waals surface area contributed by atoms with Crippen LogP contribution in [0.15, 0.2) is 24.3 Å². The molecular formula is C17H28N2. The van der Waals surface area contributed by atoms with Crippen LogP contribution in [0.5, 0.6) is 0 Å². The van der Waals surface area contributed by atoms with Gasteiger partial charge in [-0.3, -0.25) is 0 Å². The third-order valence-electron chi connectivity index (χ3n) is 4.40. The summed E-state index contributed by atoms with van der Waals surface area (Å²) in [4.78, 5) is 0. The van der Waals surface area contributed by atoms with E-state index in [1.807, 2.05) is 0 Å². The Kier molecular flexibility index (Phi) is 4.64. The highest BCUT2D eigenvalue weighted by atomic mass is 14.9. The highest BCUT2D eigenvalue weighted by molar-refractivity contribution is 5.28. The van der Waals surface area contributed by atoms with Gasteiger partial charge in [0.2, 0.25) is 0 Å². The molecule has 0 unspecified atom stereocenters. The van der Waals surface area contributed by atoms with Crippen molar-refractivity contribution in [2.75, 3.05) is 6.54 Å². The van der Waals surface area contributed by atoms with Crippen molar-refractivity contribution in [1.82, 2.24) is 5.32 Å². The Morgan fingerprint density at radius 1 is 1.21 bits per heavy atom. The van der Waals surface area contributed by atoms with E-state index in [2.05, 4.69) is 50.4 Å². The summed E-state index contributed by atoms with van der Waals surface area (Å²) >= 11 is 0. The molecular weight excluding hydrogens is 232 g/mol. The predicted octanol–water partition coefficient (Wildman–Crippen LogP) is 3.13. The number of hydrogen-bond acceptors (Lipinski definition) is 2. The van der Waals surface area contributed by atoms with E-state index >= 15 is 0 Å². The lowest BCUT2D eigenvalue weighted by Crippen LogP contribution is -2.42. The van der Waals surface area contributed by atoms with E-state index in [0.717, 1.165) is 6.54 Å². The Morgan fingerprint density at radius 3 is 2.53 bits per heavy atom. The quantitative estimate of drug-likeness (QED) is 0.873. The molecule has 1 fully saturated rings. The van der Waals surface area contributed by atoms with E-state index in [0.29, 0.717) is 12.1 Å². The minimum Gasteiger partial charge on any atom is -0.328 e. The molecule has 1 aromatic carbocycles. The molecule has 2 rings (SSSR count). The molecule has 0 radical (unpaired) electrons. The Labute approximate surface area is 117 Å². The summed E-state index contributed by atoms with van der Waals surface area (Å²) in [6, 6.07) is 9.96. The largest absolute Gasteiger partial charge is 0.328 e. The van der Waals surface area contributed by atoms with Crippen molar-refractivity contribution < 1.29 is 0 Å². The molecule has 1 aliphatic rings. The second kappa shape index (κ2) is 6.06. The second-order valence-electron chi connectivity index (χ2n) is 6.75. The van der Waals surface area contributed by atoms with Gasteiger partial charge in [0, 0.05) is 24.0 Å². The van der Waals surface area contributed by atoms with Gasteiger partial charge in [0.15, 0.2) is 0 Å². The fraction of sp³-hybridized carbons (Fsp3) is 0.647. The third kappa shape index (κ3) is 4.05. The van der Waals surface area contributed by atoms with Crippen LogP contribution in [0.4, 0.5) is 0 Å². The van der Waals surface area contributed by atoms with Crippen LogP contribution in [-0.4, -0.2) is 18.6 Å². The number of aryl methyl sites for hydroxylation is 1. The summed E-state index contributed by atoms with van der Waals surface area (Å²) in [5.41, 5.74) is 8.91. The maximum Gasteiger partial charge on any atom is 0.00685 e. The van der Waals surface area contributed by atoms with Crippen molar-refractivity contribution in [2.24, 2.45) is 5.73 Å². The smallest absolute Gasteiger partial charge is 0.00685 e. The highest BCUT2D eigenvalue weighted by Gasteiger charge is 2.24. The van der Waals surface area contributed by atoms with Gasteiger partial charge < -0.3 is 11.1 Å². The molecule has 0 aromatic heterocycles. The average Bonchev–Trinajstić information content (AvgIpc) is 2.38. The molecule has 1 aromatic rings. The highest BCUT2D eigenvalue weighted by Crippen LogP contribution is 2.24. The van der Waals surface area contributed by atoms with Crippen LogP contribution in [0.3, 0.4) is 0 Å². The molecule has 0 heterocycles. The summed E-state index contributed by atoms with van der Waals surface area (Å²) in [6.45, 7) is 7.85. The van der Waals surface area contributed by atoms with Crippen LogP contribution < -0.4 is 11.1 Å². The van der Waals surface area contributed by atoms with Gasteiger partial charge in [-0.15, -0.1) is 0 Å². The summed E-state index contributed by atoms with van der Waals surface area (Å²) in [6.07, 6.45) is 4.79. The molecule has 0 saturated heterocycles. The van der Waals surface area contributed by atoms with Crippen molar-refractivity contribution in [2.45, 2.75) is 64.0 Å². The van der Waals surface area contributed by atoms with Crippen molar-refractivity contribution in [3.8, 4) is 0 Å². The molecule has 1 aliphatic carbocycles. The van der Waals surface area contributed by atoms with E-state index < -0.39 is 0 Å². The minimum atomic E-state index is 0.186. The standard InChI is InChI=1S/C17H28N2/c1-13-5-4-6-14(11-13)17(2,3)12-19-16-9-7-15(18)8-10-16/h4-6,11,15-16,19H,7-10,12,18H2,1-3H3. The first-order valence-electron chi connectivity index (χ1n) is 7.53. The van der Waals surface area contributed by atoms with Gasteiger partial charge in [-0.05, 0) is 38.2 Å². The molecule has 0 spiro atoms. The average molecular weight is 260 g/mol. The maximum absolute atomic E-state index is 5.96. The Morgan fingerprint density at radius 2 is 1.89 bits per heavy atom. The first kappa shape index (κ1) is 14.5. The summed E-state index contributed by atoms with van der Waals surface area (Å²) < 4.78 is 0. The first-order valence-corrected chi connectivity index (χ1v) is 7.53. The number of benzene rings is 1. The van der Waals surface area contributed by atoms with E-state index in [1.165, 1.54) is 36.8 Å². The van der Waals surface area contributed by atoms with Gasteiger partial charge in [0.1, 0.15) is 0 Å². The topological polar surface area (TPSA) is 38.0 Å². The van der Waals surface area contributed by atoms with Crippen LogP contribution in [-0.2, 0) is 5.41 Å². The molecule has 3 N–H and O–H groups in total.